The SMILES string of the molecule is CCOC(=O)c1cnn(C)c1NC(=O)C(CC)Oc1c(-c2ccccc2)oc2ccccc2c1=O. The second kappa shape index (κ2) is 10.3. The summed E-state index contributed by atoms with van der Waals surface area (Å²) in [6, 6.07) is 15.9. The number of rotatable bonds is 8. The van der Waals surface area contributed by atoms with E-state index in [0.29, 0.717) is 16.5 Å². The molecule has 180 valence electrons. The van der Waals surface area contributed by atoms with Crippen LogP contribution in [0.1, 0.15) is 30.6 Å². The molecule has 0 aliphatic heterocycles. The highest BCUT2D eigenvalue weighted by Gasteiger charge is 2.27. The summed E-state index contributed by atoms with van der Waals surface area (Å²) < 4.78 is 18.5. The first kappa shape index (κ1) is 23.7. The number of amides is 1. The molecular formula is C26H25N3O6. The number of hydrogen-bond donors (Lipinski definition) is 1. The van der Waals surface area contributed by atoms with Gasteiger partial charge in [0.1, 0.15) is 17.0 Å². The summed E-state index contributed by atoms with van der Waals surface area (Å²) in [5, 5.41) is 7.07. The Morgan fingerprint density at radius 3 is 2.51 bits per heavy atom. The molecule has 1 atom stereocenters. The van der Waals surface area contributed by atoms with Gasteiger partial charge in [0, 0.05) is 12.6 Å². The number of carbonyl (C=O) groups is 2. The van der Waals surface area contributed by atoms with E-state index in [-0.39, 0.29) is 41.3 Å². The minimum Gasteiger partial charge on any atom is -0.473 e. The zero-order chi connectivity index (χ0) is 24.9. The van der Waals surface area contributed by atoms with E-state index in [1.54, 1.807) is 57.3 Å². The Hall–Kier alpha value is -4.40. The van der Waals surface area contributed by atoms with Gasteiger partial charge in [-0.25, -0.2) is 4.79 Å². The van der Waals surface area contributed by atoms with Crippen LogP contribution >= 0.6 is 0 Å². The minimum absolute atomic E-state index is 0.0625. The largest absolute Gasteiger partial charge is 0.473 e. The average Bonchev–Trinajstić information content (AvgIpc) is 3.24. The lowest BCUT2D eigenvalue weighted by atomic mass is 10.1. The summed E-state index contributed by atoms with van der Waals surface area (Å²) in [5.41, 5.74) is 0.782. The topological polar surface area (TPSA) is 113 Å². The number of aromatic nitrogens is 2. The van der Waals surface area contributed by atoms with Crippen LogP contribution in [-0.2, 0) is 16.6 Å². The second-order valence-corrected chi connectivity index (χ2v) is 7.71. The molecule has 2 aromatic carbocycles. The molecule has 1 unspecified atom stereocenters. The summed E-state index contributed by atoms with van der Waals surface area (Å²) in [6.07, 6.45) is 0.520. The molecule has 4 aromatic rings. The van der Waals surface area contributed by atoms with Gasteiger partial charge in [-0.1, -0.05) is 49.4 Å². The van der Waals surface area contributed by atoms with Crippen molar-refractivity contribution < 1.29 is 23.5 Å². The van der Waals surface area contributed by atoms with E-state index in [9.17, 15) is 14.4 Å². The quantitative estimate of drug-likeness (QED) is 0.381. The fourth-order valence-corrected chi connectivity index (χ4v) is 3.62. The lowest BCUT2D eigenvalue weighted by Gasteiger charge is -2.19. The number of benzene rings is 2. The number of nitrogens with one attached hydrogen (secondary N) is 1. The number of anilines is 1. The number of nitrogens with zero attached hydrogens (tertiary/aromatic N) is 2. The first-order chi connectivity index (χ1) is 16.9. The summed E-state index contributed by atoms with van der Waals surface area (Å²) >= 11 is 0. The Labute approximate surface area is 201 Å². The summed E-state index contributed by atoms with van der Waals surface area (Å²) in [4.78, 5) is 38.8. The van der Waals surface area contributed by atoms with Crippen LogP contribution < -0.4 is 15.5 Å². The molecule has 4 rings (SSSR count). The standard InChI is InChI=1S/C26H25N3O6/c1-4-19(25(31)28-24-18(15-27-29(24)3)26(32)33-5-2)34-23-21(30)17-13-9-10-14-20(17)35-22(23)16-11-7-6-8-12-16/h6-15,19H,4-5H2,1-3H3,(H,28,31). The van der Waals surface area contributed by atoms with Gasteiger partial charge < -0.3 is 19.2 Å². The zero-order valence-corrected chi connectivity index (χ0v) is 19.6. The normalized spacial score (nSPS) is 11.7. The zero-order valence-electron chi connectivity index (χ0n) is 19.6. The van der Waals surface area contributed by atoms with Gasteiger partial charge in [-0.2, -0.15) is 5.10 Å². The van der Waals surface area contributed by atoms with E-state index in [2.05, 4.69) is 10.4 Å². The number of hydrogen-bond acceptors (Lipinski definition) is 7. The van der Waals surface area contributed by atoms with Crippen LogP contribution in [0.15, 0.2) is 70.0 Å². The summed E-state index contributed by atoms with van der Waals surface area (Å²) in [5.74, 6) is -0.815. The molecule has 0 saturated heterocycles. The van der Waals surface area contributed by atoms with Crippen LogP contribution in [0.5, 0.6) is 5.75 Å². The van der Waals surface area contributed by atoms with Gasteiger partial charge in [0.05, 0.1) is 18.2 Å². The highest BCUT2D eigenvalue weighted by Crippen LogP contribution is 2.31. The van der Waals surface area contributed by atoms with Crippen molar-refractivity contribution in [1.29, 1.82) is 0 Å². The monoisotopic (exact) mass is 475 g/mol. The first-order valence-corrected chi connectivity index (χ1v) is 11.2. The molecule has 0 saturated carbocycles. The highest BCUT2D eigenvalue weighted by atomic mass is 16.5. The first-order valence-electron chi connectivity index (χ1n) is 11.2. The van der Waals surface area contributed by atoms with Crippen molar-refractivity contribution in [3.05, 3.63) is 76.6 Å². The van der Waals surface area contributed by atoms with Gasteiger partial charge in [-0.05, 0) is 25.5 Å². The molecule has 9 nitrogen and oxygen atoms in total. The maximum Gasteiger partial charge on any atom is 0.343 e. The van der Waals surface area contributed by atoms with Gasteiger partial charge in [0.25, 0.3) is 5.91 Å². The van der Waals surface area contributed by atoms with Crippen molar-refractivity contribution in [2.45, 2.75) is 26.4 Å². The van der Waals surface area contributed by atoms with Gasteiger partial charge in [0.2, 0.25) is 11.2 Å². The minimum atomic E-state index is -1.05. The number of aryl methyl sites for hydroxylation is 1. The fourth-order valence-electron chi connectivity index (χ4n) is 3.62. The smallest absolute Gasteiger partial charge is 0.343 e. The Morgan fingerprint density at radius 2 is 1.80 bits per heavy atom. The Bertz CT molecular complexity index is 1420. The average molecular weight is 476 g/mol. The van der Waals surface area contributed by atoms with Crippen molar-refractivity contribution in [3.8, 4) is 17.1 Å². The van der Waals surface area contributed by atoms with E-state index in [1.165, 1.54) is 10.9 Å². The number of fused-ring (bicyclic) bond motifs is 1. The molecule has 1 amide bonds. The molecule has 0 spiro atoms. The van der Waals surface area contributed by atoms with Gasteiger partial charge in [-0.15, -0.1) is 0 Å². The van der Waals surface area contributed by atoms with Crippen LogP contribution in [-0.4, -0.2) is 34.4 Å². The van der Waals surface area contributed by atoms with E-state index in [4.69, 9.17) is 13.9 Å². The molecular weight excluding hydrogens is 450 g/mol. The lowest BCUT2D eigenvalue weighted by molar-refractivity contribution is -0.122. The number of carbonyl (C=O) groups excluding carboxylic acids is 2. The predicted molar refractivity (Wildman–Crippen MR) is 130 cm³/mol. The van der Waals surface area contributed by atoms with Gasteiger partial charge in [-0.3, -0.25) is 14.3 Å². The van der Waals surface area contributed by atoms with Gasteiger partial charge >= 0.3 is 5.97 Å². The molecule has 0 aliphatic carbocycles. The maximum absolute atomic E-state index is 13.4. The van der Waals surface area contributed by atoms with Crippen molar-refractivity contribution in [3.63, 3.8) is 0 Å². The van der Waals surface area contributed by atoms with Crippen LogP contribution in [0, 0.1) is 0 Å². The molecule has 2 heterocycles. The van der Waals surface area contributed by atoms with Crippen LogP contribution in [0.3, 0.4) is 0 Å². The van der Waals surface area contributed by atoms with Crippen molar-refractivity contribution in [2.24, 2.45) is 7.05 Å². The molecule has 1 N–H and O–H groups in total. The number of ether oxygens (including phenoxy) is 2. The van der Waals surface area contributed by atoms with Crippen LogP contribution in [0.2, 0.25) is 0 Å². The molecule has 0 aliphatic rings. The Morgan fingerprint density at radius 1 is 1.09 bits per heavy atom. The van der Waals surface area contributed by atoms with Crippen LogP contribution in [0.25, 0.3) is 22.3 Å². The molecule has 0 radical (unpaired) electrons. The third-order valence-corrected chi connectivity index (χ3v) is 5.39. The molecule has 35 heavy (non-hydrogen) atoms. The van der Waals surface area contributed by atoms with Crippen molar-refractivity contribution >= 4 is 28.7 Å². The summed E-state index contributed by atoms with van der Waals surface area (Å²) in [6.45, 7) is 3.62. The Balaban J connectivity index is 1.71. The van der Waals surface area contributed by atoms with Gasteiger partial charge in [0.15, 0.2) is 11.9 Å². The van der Waals surface area contributed by atoms with Crippen molar-refractivity contribution in [1.82, 2.24) is 9.78 Å². The number of esters is 1. The predicted octanol–water partition coefficient (Wildman–Crippen LogP) is 4.17. The summed E-state index contributed by atoms with van der Waals surface area (Å²) in [7, 11) is 1.59. The molecule has 9 heteroatoms. The maximum atomic E-state index is 13.4. The van der Waals surface area contributed by atoms with Crippen LogP contribution in [0.4, 0.5) is 5.82 Å². The molecule has 0 fully saturated rings. The van der Waals surface area contributed by atoms with E-state index < -0.39 is 18.0 Å². The van der Waals surface area contributed by atoms with E-state index in [1.807, 2.05) is 18.2 Å². The van der Waals surface area contributed by atoms with E-state index in [0.717, 1.165) is 0 Å². The third-order valence-electron chi connectivity index (χ3n) is 5.39. The fraction of sp³-hybridized carbons (Fsp3) is 0.231. The Kier molecular flexibility index (Phi) is 6.96. The highest BCUT2D eigenvalue weighted by molar-refractivity contribution is 6.01. The second-order valence-electron chi connectivity index (χ2n) is 7.71. The molecule has 2 aromatic heterocycles. The van der Waals surface area contributed by atoms with E-state index >= 15 is 0 Å². The number of para-hydroxylation sites is 1. The van der Waals surface area contributed by atoms with Crippen molar-refractivity contribution in [2.75, 3.05) is 11.9 Å². The third kappa shape index (κ3) is 4.79. The lowest BCUT2D eigenvalue weighted by Crippen LogP contribution is -2.35. The molecule has 0 bridgehead atoms.